The van der Waals surface area contributed by atoms with Gasteiger partial charge < -0.3 is 14.9 Å². The number of methoxy groups -OCH3 is 1. The lowest BCUT2D eigenvalue weighted by Crippen LogP contribution is -2.07. The Bertz CT molecular complexity index is 531. The van der Waals surface area contributed by atoms with Gasteiger partial charge >= 0.3 is 0 Å². The molecular formula is C15H18O4. The van der Waals surface area contributed by atoms with Crippen LogP contribution in [-0.2, 0) is 16.0 Å². The Morgan fingerprint density at radius 2 is 2.11 bits per heavy atom. The van der Waals surface area contributed by atoms with E-state index in [1.807, 2.05) is 6.92 Å². The molecule has 0 aromatic heterocycles. The molecule has 1 unspecified atom stereocenters. The molecule has 1 aliphatic rings. The molecule has 0 heterocycles. The second-order valence-corrected chi connectivity index (χ2v) is 4.73. The van der Waals surface area contributed by atoms with Gasteiger partial charge in [0.15, 0.2) is 5.78 Å². The number of rotatable bonds is 4. The van der Waals surface area contributed by atoms with E-state index in [2.05, 4.69) is 0 Å². The first-order valence-electron chi connectivity index (χ1n) is 6.36. The highest BCUT2D eigenvalue weighted by atomic mass is 16.5. The minimum Gasteiger partial charge on any atom is -0.511 e. The van der Waals surface area contributed by atoms with Crippen molar-refractivity contribution in [1.29, 1.82) is 0 Å². The molecule has 1 aliphatic carbocycles. The van der Waals surface area contributed by atoms with Crippen LogP contribution in [0.15, 0.2) is 24.0 Å². The molecule has 2 rings (SSSR count). The summed E-state index contributed by atoms with van der Waals surface area (Å²) in [5, 5.41) is 19.8. The van der Waals surface area contributed by atoms with Gasteiger partial charge in [-0.25, -0.2) is 0 Å². The summed E-state index contributed by atoms with van der Waals surface area (Å²) in [5.74, 6) is -0.206. The molecule has 0 spiro atoms. The standard InChI is InChI=1S/C15H18O4/c1-3-9-4-5-11(16)7-12(9)14-13(17)6-10(8-19-2)15(14)18/h4-5,7,10,16,18H,3,6,8H2,1-2H3. The number of Topliss-reactive ketones (excluding diaryl/α,β-unsaturated/α-hetero) is 1. The van der Waals surface area contributed by atoms with Crippen LogP contribution < -0.4 is 0 Å². The van der Waals surface area contributed by atoms with E-state index in [1.54, 1.807) is 19.2 Å². The number of benzene rings is 1. The molecule has 102 valence electrons. The fraction of sp³-hybridized carbons (Fsp3) is 0.400. The highest BCUT2D eigenvalue weighted by Gasteiger charge is 2.34. The summed E-state index contributed by atoms with van der Waals surface area (Å²) in [7, 11) is 1.54. The van der Waals surface area contributed by atoms with E-state index < -0.39 is 0 Å². The maximum absolute atomic E-state index is 12.1. The van der Waals surface area contributed by atoms with Gasteiger partial charge in [-0.3, -0.25) is 4.79 Å². The number of aromatic hydroxyl groups is 1. The predicted molar refractivity (Wildman–Crippen MR) is 72.0 cm³/mol. The number of phenolic OH excluding ortho intramolecular Hbond substituents is 1. The molecule has 0 saturated carbocycles. The highest BCUT2D eigenvalue weighted by molar-refractivity contribution is 6.24. The van der Waals surface area contributed by atoms with Crippen LogP contribution in [0.2, 0.25) is 0 Å². The number of aliphatic hydroxyl groups is 1. The van der Waals surface area contributed by atoms with Crippen LogP contribution in [0.4, 0.5) is 0 Å². The maximum Gasteiger partial charge on any atom is 0.167 e. The van der Waals surface area contributed by atoms with E-state index in [9.17, 15) is 15.0 Å². The summed E-state index contributed by atoms with van der Waals surface area (Å²) in [6, 6.07) is 4.91. The first-order valence-corrected chi connectivity index (χ1v) is 6.36. The number of ether oxygens (including phenoxy) is 1. The Morgan fingerprint density at radius 1 is 1.37 bits per heavy atom. The summed E-state index contributed by atoms with van der Waals surface area (Å²) in [6.07, 6.45) is 0.989. The Morgan fingerprint density at radius 3 is 2.74 bits per heavy atom. The zero-order valence-corrected chi connectivity index (χ0v) is 11.1. The van der Waals surface area contributed by atoms with Crippen molar-refractivity contribution in [3.05, 3.63) is 35.1 Å². The number of allylic oxidation sites excluding steroid dienone is 1. The van der Waals surface area contributed by atoms with E-state index >= 15 is 0 Å². The molecule has 0 saturated heterocycles. The fourth-order valence-electron chi connectivity index (χ4n) is 2.50. The summed E-state index contributed by atoms with van der Waals surface area (Å²) >= 11 is 0. The quantitative estimate of drug-likeness (QED) is 0.874. The van der Waals surface area contributed by atoms with Gasteiger partial charge in [-0.05, 0) is 29.7 Å². The minimum atomic E-state index is -0.278. The molecular weight excluding hydrogens is 244 g/mol. The van der Waals surface area contributed by atoms with Crippen molar-refractivity contribution in [2.45, 2.75) is 19.8 Å². The number of hydrogen-bond donors (Lipinski definition) is 2. The van der Waals surface area contributed by atoms with Crippen LogP contribution >= 0.6 is 0 Å². The van der Waals surface area contributed by atoms with Crippen molar-refractivity contribution in [2.75, 3.05) is 13.7 Å². The summed E-state index contributed by atoms with van der Waals surface area (Å²) in [6.45, 7) is 2.29. The molecule has 1 aromatic carbocycles. The van der Waals surface area contributed by atoms with Crippen LogP contribution in [0.5, 0.6) is 5.75 Å². The highest BCUT2D eigenvalue weighted by Crippen LogP contribution is 2.36. The monoisotopic (exact) mass is 262 g/mol. The van der Waals surface area contributed by atoms with E-state index in [0.29, 0.717) is 17.7 Å². The van der Waals surface area contributed by atoms with Gasteiger partial charge in [-0.15, -0.1) is 0 Å². The van der Waals surface area contributed by atoms with Gasteiger partial charge in [0, 0.05) is 19.4 Å². The van der Waals surface area contributed by atoms with Crippen molar-refractivity contribution in [3.8, 4) is 5.75 Å². The van der Waals surface area contributed by atoms with Gasteiger partial charge in [-0.2, -0.15) is 0 Å². The number of aliphatic hydroxyl groups excluding tert-OH is 1. The molecule has 0 aliphatic heterocycles. The van der Waals surface area contributed by atoms with Crippen molar-refractivity contribution in [2.24, 2.45) is 5.92 Å². The zero-order chi connectivity index (χ0) is 14.0. The van der Waals surface area contributed by atoms with Crippen LogP contribution in [0.3, 0.4) is 0 Å². The lowest BCUT2D eigenvalue weighted by Gasteiger charge is -2.10. The van der Waals surface area contributed by atoms with Gasteiger partial charge in [0.05, 0.1) is 12.2 Å². The Kier molecular flexibility index (Phi) is 3.90. The second kappa shape index (κ2) is 5.45. The molecule has 0 radical (unpaired) electrons. The maximum atomic E-state index is 12.1. The van der Waals surface area contributed by atoms with Gasteiger partial charge in [-0.1, -0.05) is 13.0 Å². The second-order valence-electron chi connectivity index (χ2n) is 4.73. The number of carbonyl (C=O) groups is 1. The molecule has 0 fully saturated rings. The predicted octanol–water partition coefficient (Wildman–Crippen LogP) is 2.46. The molecule has 4 nitrogen and oxygen atoms in total. The normalized spacial score (nSPS) is 19.3. The molecule has 1 aromatic rings. The number of hydrogen-bond acceptors (Lipinski definition) is 4. The number of aryl methyl sites for hydroxylation is 1. The minimum absolute atomic E-state index is 0.0761. The summed E-state index contributed by atoms with van der Waals surface area (Å²) < 4.78 is 5.01. The van der Waals surface area contributed by atoms with Crippen LogP contribution in [0.25, 0.3) is 5.57 Å². The first-order chi connectivity index (χ1) is 9.08. The number of ketones is 1. The van der Waals surface area contributed by atoms with E-state index in [4.69, 9.17) is 4.74 Å². The molecule has 0 amide bonds. The van der Waals surface area contributed by atoms with Crippen LogP contribution in [0.1, 0.15) is 24.5 Å². The van der Waals surface area contributed by atoms with Crippen molar-refractivity contribution < 1.29 is 19.7 Å². The van der Waals surface area contributed by atoms with Crippen LogP contribution in [-0.4, -0.2) is 29.7 Å². The molecule has 2 N–H and O–H groups in total. The topological polar surface area (TPSA) is 66.8 Å². The Balaban J connectivity index is 2.50. The van der Waals surface area contributed by atoms with E-state index in [0.717, 1.165) is 12.0 Å². The third kappa shape index (κ3) is 2.49. The third-order valence-electron chi connectivity index (χ3n) is 3.47. The molecule has 4 heteroatoms. The average Bonchev–Trinajstić information content (AvgIpc) is 2.65. The fourth-order valence-corrected chi connectivity index (χ4v) is 2.50. The van der Waals surface area contributed by atoms with E-state index in [-0.39, 0.29) is 29.6 Å². The number of carbonyl (C=O) groups excluding carboxylic acids is 1. The van der Waals surface area contributed by atoms with Crippen molar-refractivity contribution >= 4 is 11.4 Å². The van der Waals surface area contributed by atoms with Crippen molar-refractivity contribution in [1.82, 2.24) is 0 Å². The Labute approximate surface area is 112 Å². The largest absolute Gasteiger partial charge is 0.511 e. The SMILES string of the molecule is CCc1ccc(O)cc1C1=C(O)C(COC)CC1=O. The Hall–Kier alpha value is -1.81. The average molecular weight is 262 g/mol. The number of phenols is 1. The van der Waals surface area contributed by atoms with Gasteiger partial charge in [0.1, 0.15) is 11.5 Å². The van der Waals surface area contributed by atoms with E-state index in [1.165, 1.54) is 6.07 Å². The smallest absolute Gasteiger partial charge is 0.167 e. The molecule has 1 atom stereocenters. The first kappa shape index (κ1) is 13.6. The lowest BCUT2D eigenvalue weighted by atomic mass is 9.96. The zero-order valence-electron chi connectivity index (χ0n) is 11.1. The third-order valence-corrected chi connectivity index (χ3v) is 3.47. The van der Waals surface area contributed by atoms with Crippen molar-refractivity contribution in [3.63, 3.8) is 0 Å². The molecule has 0 bridgehead atoms. The summed E-state index contributed by atoms with van der Waals surface area (Å²) in [4.78, 5) is 12.1. The van der Waals surface area contributed by atoms with Gasteiger partial charge in [0.25, 0.3) is 0 Å². The van der Waals surface area contributed by atoms with Gasteiger partial charge in [0.2, 0.25) is 0 Å². The van der Waals surface area contributed by atoms with Crippen LogP contribution in [0, 0.1) is 5.92 Å². The summed E-state index contributed by atoms with van der Waals surface area (Å²) in [5.41, 5.74) is 1.89. The molecule has 19 heavy (non-hydrogen) atoms. The lowest BCUT2D eigenvalue weighted by molar-refractivity contribution is -0.114.